The predicted octanol–water partition coefficient (Wildman–Crippen LogP) is 6.40. The Morgan fingerprint density at radius 1 is 1.19 bits per heavy atom. The Labute approximate surface area is 218 Å². The third-order valence-electron chi connectivity index (χ3n) is 5.78. The van der Waals surface area contributed by atoms with Crippen LogP contribution in [0.25, 0.3) is 50.2 Å². The summed E-state index contributed by atoms with van der Waals surface area (Å²) in [7, 11) is 0. The molecule has 0 aliphatic rings. The fourth-order valence-electron chi connectivity index (χ4n) is 4.16. The SMILES string of the molecule is C=C(C)/C=C(\C=C(/C)NC(=O)CCC)c1cc2c(-c3nc4c(-c5ccsc5)cncc4[nH]3)n[nH]c2cn1. The molecular formula is C28H27N7OS. The minimum absolute atomic E-state index is 0.00680. The number of carbonyl (C=O) groups is 1. The lowest BCUT2D eigenvalue weighted by Gasteiger charge is -2.08. The number of imidazole rings is 1. The first kappa shape index (κ1) is 24.3. The van der Waals surface area contributed by atoms with Crippen LogP contribution in [0.15, 0.2) is 71.5 Å². The van der Waals surface area contributed by atoms with Crippen molar-refractivity contribution >= 4 is 44.8 Å². The van der Waals surface area contributed by atoms with E-state index < -0.39 is 0 Å². The molecule has 5 rings (SSSR count). The van der Waals surface area contributed by atoms with Gasteiger partial charge in [0.2, 0.25) is 5.91 Å². The van der Waals surface area contributed by atoms with Crippen LogP contribution in [0, 0.1) is 0 Å². The highest BCUT2D eigenvalue weighted by molar-refractivity contribution is 7.08. The van der Waals surface area contributed by atoms with Gasteiger partial charge in [0.15, 0.2) is 5.82 Å². The second-order valence-corrected chi connectivity index (χ2v) is 9.72. The lowest BCUT2D eigenvalue weighted by Crippen LogP contribution is -2.20. The first-order valence-corrected chi connectivity index (χ1v) is 12.9. The minimum atomic E-state index is -0.00680. The van der Waals surface area contributed by atoms with E-state index in [0.29, 0.717) is 17.9 Å². The molecular weight excluding hydrogens is 482 g/mol. The van der Waals surface area contributed by atoms with Gasteiger partial charge in [0.25, 0.3) is 0 Å². The van der Waals surface area contributed by atoms with Crippen molar-refractivity contribution in [1.29, 1.82) is 0 Å². The van der Waals surface area contributed by atoms with E-state index in [-0.39, 0.29) is 5.91 Å². The molecule has 0 fully saturated rings. The molecule has 3 N–H and O–H groups in total. The monoisotopic (exact) mass is 509 g/mol. The minimum Gasteiger partial charge on any atom is -0.335 e. The quantitative estimate of drug-likeness (QED) is 0.209. The summed E-state index contributed by atoms with van der Waals surface area (Å²) in [6, 6.07) is 4.04. The van der Waals surface area contributed by atoms with E-state index in [0.717, 1.165) is 62.0 Å². The van der Waals surface area contributed by atoms with Crippen molar-refractivity contribution in [3.63, 3.8) is 0 Å². The lowest BCUT2D eigenvalue weighted by molar-refractivity contribution is -0.120. The van der Waals surface area contributed by atoms with Gasteiger partial charge < -0.3 is 10.3 Å². The van der Waals surface area contributed by atoms with Gasteiger partial charge in [-0.2, -0.15) is 16.4 Å². The number of hydrogen-bond acceptors (Lipinski definition) is 6. The normalized spacial score (nSPS) is 12.4. The maximum absolute atomic E-state index is 12.1. The second-order valence-electron chi connectivity index (χ2n) is 8.94. The highest BCUT2D eigenvalue weighted by Crippen LogP contribution is 2.32. The van der Waals surface area contributed by atoms with Crippen molar-refractivity contribution in [2.24, 2.45) is 0 Å². The molecule has 0 bridgehead atoms. The van der Waals surface area contributed by atoms with Crippen LogP contribution in [-0.4, -0.2) is 36.0 Å². The molecule has 0 aliphatic carbocycles. The Bertz CT molecular complexity index is 1670. The highest BCUT2D eigenvalue weighted by Gasteiger charge is 2.17. The Morgan fingerprint density at radius 2 is 2.05 bits per heavy atom. The standard InChI is InChI=1S/C28H27N7OS/c1-5-6-25(36)31-17(4)10-19(9-16(2)3)22-11-20-23(14-30-22)34-35-27(20)28-32-24-13-29-12-21(26(24)33-28)18-7-8-37-15-18/h7-15H,2,5-6H2,1,3-4H3,(H,31,36)(H,32,33)(H,34,35)/b17-10+,19-9+. The van der Waals surface area contributed by atoms with Gasteiger partial charge in [-0.05, 0) is 54.8 Å². The zero-order chi connectivity index (χ0) is 25.9. The number of fused-ring (bicyclic) bond motifs is 2. The molecule has 0 saturated heterocycles. The number of hydrogen-bond donors (Lipinski definition) is 3. The molecule has 0 radical (unpaired) electrons. The van der Waals surface area contributed by atoms with Crippen molar-refractivity contribution < 1.29 is 4.79 Å². The largest absolute Gasteiger partial charge is 0.335 e. The van der Waals surface area contributed by atoms with E-state index in [1.165, 1.54) is 0 Å². The maximum atomic E-state index is 12.1. The molecule has 0 unspecified atom stereocenters. The molecule has 5 heterocycles. The Morgan fingerprint density at radius 3 is 2.81 bits per heavy atom. The van der Waals surface area contributed by atoms with Gasteiger partial charge in [-0.3, -0.25) is 19.9 Å². The number of nitrogens with zero attached hydrogens (tertiary/aromatic N) is 4. The number of amides is 1. The molecule has 9 heteroatoms. The summed E-state index contributed by atoms with van der Waals surface area (Å²) >= 11 is 1.64. The molecule has 0 aliphatic heterocycles. The van der Waals surface area contributed by atoms with Crippen molar-refractivity contribution in [1.82, 2.24) is 35.5 Å². The summed E-state index contributed by atoms with van der Waals surface area (Å²) < 4.78 is 0. The summed E-state index contributed by atoms with van der Waals surface area (Å²) in [6.45, 7) is 9.80. The van der Waals surface area contributed by atoms with Crippen LogP contribution in [0.1, 0.15) is 39.3 Å². The number of aromatic nitrogens is 6. The van der Waals surface area contributed by atoms with E-state index in [1.54, 1.807) is 23.7 Å². The molecule has 0 atom stereocenters. The van der Waals surface area contributed by atoms with Crippen molar-refractivity contribution in [2.75, 3.05) is 0 Å². The van der Waals surface area contributed by atoms with E-state index in [4.69, 9.17) is 4.98 Å². The summed E-state index contributed by atoms with van der Waals surface area (Å²) in [5, 5.41) is 15.6. The van der Waals surface area contributed by atoms with E-state index in [1.807, 2.05) is 50.6 Å². The molecule has 5 aromatic rings. The number of nitrogens with one attached hydrogen (secondary N) is 3. The smallest absolute Gasteiger partial charge is 0.224 e. The van der Waals surface area contributed by atoms with Crippen molar-refractivity contribution in [3.8, 4) is 22.6 Å². The van der Waals surface area contributed by atoms with Gasteiger partial charge in [0, 0.05) is 34.8 Å². The van der Waals surface area contributed by atoms with Crippen LogP contribution < -0.4 is 5.32 Å². The number of aromatic amines is 2. The molecule has 0 saturated carbocycles. The molecule has 8 nitrogen and oxygen atoms in total. The van der Waals surface area contributed by atoms with Crippen LogP contribution >= 0.6 is 11.3 Å². The molecule has 5 aromatic heterocycles. The van der Waals surface area contributed by atoms with Gasteiger partial charge in [0.1, 0.15) is 11.2 Å². The summed E-state index contributed by atoms with van der Waals surface area (Å²) in [6.07, 6.45) is 10.5. The van der Waals surface area contributed by atoms with Gasteiger partial charge in [-0.25, -0.2) is 4.98 Å². The second kappa shape index (κ2) is 10.3. The van der Waals surface area contributed by atoms with E-state index in [9.17, 15) is 4.79 Å². The Balaban J connectivity index is 1.57. The molecule has 1 amide bonds. The number of allylic oxidation sites excluding steroid dienone is 5. The van der Waals surface area contributed by atoms with Crippen molar-refractivity contribution in [3.05, 3.63) is 77.2 Å². The van der Waals surface area contributed by atoms with Gasteiger partial charge in [-0.15, -0.1) is 0 Å². The predicted molar refractivity (Wildman–Crippen MR) is 150 cm³/mol. The summed E-state index contributed by atoms with van der Waals surface area (Å²) in [5.41, 5.74) is 8.42. The zero-order valence-corrected chi connectivity index (χ0v) is 21.7. The number of thiophene rings is 1. The first-order valence-electron chi connectivity index (χ1n) is 12.0. The molecule has 37 heavy (non-hydrogen) atoms. The van der Waals surface area contributed by atoms with Crippen LogP contribution in [0.5, 0.6) is 0 Å². The fourth-order valence-corrected chi connectivity index (χ4v) is 4.82. The van der Waals surface area contributed by atoms with E-state index >= 15 is 0 Å². The van der Waals surface area contributed by atoms with Crippen LogP contribution in [-0.2, 0) is 4.79 Å². The van der Waals surface area contributed by atoms with Crippen LogP contribution in [0.3, 0.4) is 0 Å². The van der Waals surface area contributed by atoms with Crippen LogP contribution in [0.2, 0.25) is 0 Å². The Hall–Kier alpha value is -4.37. The lowest BCUT2D eigenvalue weighted by atomic mass is 10.1. The number of rotatable bonds is 8. The average Bonchev–Trinajstić information content (AvgIpc) is 3.62. The Kier molecular flexibility index (Phi) is 6.78. The third-order valence-corrected chi connectivity index (χ3v) is 6.46. The van der Waals surface area contributed by atoms with Gasteiger partial charge in [0.05, 0.1) is 29.1 Å². The molecule has 0 aromatic carbocycles. The zero-order valence-electron chi connectivity index (χ0n) is 20.9. The van der Waals surface area contributed by atoms with Gasteiger partial charge in [-0.1, -0.05) is 25.2 Å². The first-order chi connectivity index (χ1) is 17.9. The van der Waals surface area contributed by atoms with Crippen molar-refractivity contribution in [2.45, 2.75) is 33.6 Å². The van der Waals surface area contributed by atoms with Crippen LogP contribution in [0.4, 0.5) is 0 Å². The number of H-pyrrole nitrogens is 2. The topological polar surface area (TPSA) is 112 Å². The van der Waals surface area contributed by atoms with E-state index in [2.05, 4.69) is 48.5 Å². The number of pyridine rings is 2. The maximum Gasteiger partial charge on any atom is 0.224 e. The average molecular weight is 510 g/mol. The molecule has 186 valence electrons. The third kappa shape index (κ3) is 5.12. The number of carbonyl (C=O) groups excluding carboxylic acids is 1. The summed E-state index contributed by atoms with van der Waals surface area (Å²) in [4.78, 5) is 29.4. The fraction of sp³-hybridized carbons (Fsp3) is 0.179. The molecule has 0 spiro atoms. The van der Waals surface area contributed by atoms with Gasteiger partial charge >= 0.3 is 0 Å². The highest BCUT2D eigenvalue weighted by atomic mass is 32.1. The summed E-state index contributed by atoms with van der Waals surface area (Å²) in [5.74, 6) is 0.638.